The number of amides is 2. The standard InChI is InChI=1S/C20H23N3O2/c1-15(24)23-14-17(18-5-3-4-6-19(18)23)7-8-20(25)22(2)13-16-9-11-21-12-10-16/h3-6,9-12,17H,7-8,13-14H2,1-2H3. The van der Waals surface area contributed by atoms with Gasteiger partial charge in [-0.15, -0.1) is 0 Å². The number of benzene rings is 1. The van der Waals surface area contributed by atoms with Crippen molar-refractivity contribution in [2.45, 2.75) is 32.2 Å². The van der Waals surface area contributed by atoms with Gasteiger partial charge in [0.1, 0.15) is 0 Å². The van der Waals surface area contributed by atoms with Crippen LogP contribution >= 0.6 is 0 Å². The average molecular weight is 337 g/mol. The Bertz CT molecular complexity index is 761. The third kappa shape index (κ3) is 3.87. The molecule has 0 spiro atoms. The second-order valence-corrected chi connectivity index (χ2v) is 6.53. The summed E-state index contributed by atoms with van der Waals surface area (Å²) in [6, 6.07) is 11.8. The highest BCUT2D eigenvalue weighted by Gasteiger charge is 2.30. The molecule has 1 aromatic heterocycles. The Hall–Kier alpha value is -2.69. The van der Waals surface area contributed by atoms with E-state index < -0.39 is 0 Å². The molecule has 0 saturated heterocycles. The first-order chi connectivity index (χ1) is 12.1. The highest BCUT2D eigenvalue weighted by Crippen LogP contribution is 2.38. The summed E-state index contributed by atoms with van der Waals surface area (Å²) in [5.74, 6) is 0.394. The summed E-state index contributed by atoms with van der Waals surface area (Å²) in [5, 5.41) is 0. The third-order valence-electron chi connectivity index (χ3n) is 4.75. The lowest BCUT2D eigenvalue weighted by Crippen LogP contribution is -2.28. The van der Waals surface area contributed by atoms with Gasteiger partial charge < -0.3 is 9.80 Å². The number of rotatable bonds is 5. The van der Waals surface area contributed by atoms with E-state index >= 15 is 0 Å². The van der Waals surface area contributed by atoms with E-state index in [0.29, 0.717) is 19.5 Å². The van der Waals surface area contributed by atoms with Gasteiger partial charge in [-0.25, -0.2) is 0 Å². The van der Waals surface area contributed by atoms with Crippen molar-refractivity contribution >= 4 is 17.5 Å². The molecule has 25 heavy (non-hydrogen) atoms. The lowest BCUT2D eigenvalue weighted by atomic mass is 9.96. The van der Waals surface area contributed by atoms with E-state index in [1.807, 2.05) is 42.3 Å². The van der Waals surface area contributed by atoms with Crippen LogP contribution in [-0.4, -0.2) is 35.3 Å². The van der Waals surface area contributed by atoms with Crippen LogP contribution in [0.4, 0.5) is 5.69 Å². The highest BCUT2D eigenvalue weighted by molar-refractivity contribution is 5.94. The molecule has 2 heterocycles. The predicted molar refractivity (Wildman–Crippen MR) is 97.2 cm³/mol. The van der Waals surface area contributed by atoms with E-state index in [-0.39, 0.29) is 17.7 Å². The van der Waals surface area contributed by atoms with Crippen molar-refractivity contribution in [3.8, 4) is 0 Å². The molecular formula is C20H23N3O2. The Morgan fingerprint density at radius 2 is 1.92 bits per heavy atom. The van der Waals surface area contributed by atoms with Gasteiger partial charge in [0, 0.05) is 57.5 Å². The van der Waals surface area contributed by atoms with Crippen molar-refractivity contribution in [3.05, 3.63) is 59.9 Å². The molecule has 1 aromatic carbocycles. The maximum absolute atomic E-state index is 12.5. The Balaban J connectivity index is 1.60. The fourth-order valence-electron chi connectivity index (χ4n) is 3.38. The fraction of sp³-hybridized carbons (Fsp3) is 0.350. The van der Waals surface area contributed by atoms with E-state index in [4.69, 9.17) is 0 Å². The second kappa shape index (κ2) is 7.47. The van der Waals surface area contributed by atoms with Gasteiger partial charge >= 0.3 is 0 Å². The number of anilines is 1. The number of pyridine rings is 1. The molecule has 1 aliphatic rings. The van der Waals surface area contributed by atoms with Gasteiger partial charge in [-0.2, -0.15) is 0 Å². The number of aromatic nitrogens is 1. The fourth-order valence-corrected chi connectivity index (χ4v) is 3.38. The Labute approximate surface area is 148 Å². The van der Waals surface area contributed by atoms with Gasteiger partial charge in [-0.05, 0) is 35.7 Å². The molecule has 0 N–H and O–H groups in total. The van der Waals surface area contributed by atoms with Crippen LogP contribution in [0.1, 0.15) is 36.8 Å². The van der Waals surface area contributed by atoms with E-state index in [1.54, 1.807) is 24.2 Å². The van der Waals surface area contributed by atoms with Crippen molar-refractivity contribution in [1.82, 2.24) is 9.88 Å². The lowest BCUT2D eigenvalue weighted by molar-refractivity contribution is -0.130. The number of nitrogens with zero attached hydrogens (tertiary/aromatic N) is 3. The van der Waals surface area contributed by atoms with Crippen LogP contribution in [0, 0.1) is 0 Å². The van der Waals surface area contributed by atoms with Crippen LogP contribution < -0.4 is 4.90 Å². The van der Waals surface area contributed by atoms with Crippen LogP contribution in [-0.2, 0) is 16.1 Å². The molecule has 5 nitrogen and oxygen atoms in total. The first-order valence-electron chi connectivity index (χ1n) is 8.56. The summed E-state index contributed by atoms with van der Waals surface area (Å²) in [6.45, 7) is 2.84. The number of carbonyl (C=O) groups is 2. The molecule has 2 aromatic rings. The molecule has 2 amide bonds. The van der Waals surface area contributed by atoms with Crippen molar-refractivity contribution in [2.75, 3.05) is 18.5 Å². The van der Waals surface area contributed by atoms with Gasteiger partial charge in [-0.3, -0.25) is 14.6 Å². The zero-order valence-corrected chi connectivity index (χ0v) is 14.7. The number of hydrogen-bond donors (Lipinski definition) is 0. The van der Waals surface area contributed by atoms with Crippen LogP contribution in [0.2, 0.25) is 0 Å². The minimum atomic E-state index is 0.0519. The van der Waals surface area contributed by atoms with Gasteiger partial charge in [0.25, 0.3) is 0 Å². The van der Waals surface area contributed by atoms with Crippen molar-refractivity contribution in [2.24, 2.45) is 0 Å². The summed E-state index contributed by atoms with van der Waals surface area (Å²) >= 11 is 0. The normalized spacial score (nSPS) is 15.8. The summed E-state index contributed by atoms with van der Waals surface area (Å²) in [7, 11) is 1.83. The number of carbonyl (C=O) groups excluding carboxylic acids is 2. The van der Waals surface area contributed by atoms with Crippen molar-refractivity contribution < 1.29 is 9.59 Å². The topological polar surface area (TPSA) is 53.5 Å². The lowest BCUT2D eigenvalue weighted by Gasteiger charge is -2.19. The largest absolute Gasteiger partial charge is 0.341 e. The molecule has 0 fully saturated rings. The van der Waals surface area contributed by atoms with Crippen molar-refractivity contribution in [1.29, 1.82) is 0 Å². The van der Waals surface area contributed by atoms with E-state index in [0.717, 1.165) is 17.7 Å². The van der Waals surface area contributed by atoms with Gasteiger partial charge in [-0.1, -0.05) is 18.2 Å². The predicted octanol–water partition coefficient (Wildman–Crippen LogP) is 2.97. The van der Waals surface area contributed by atoms with Gasteiger partial charge in [0.15, 0.2) is 0 Å². The molecular weight excluding hydrogens is 314 g/mol. The highest BCUT2D eigenvalue weighted by atomic mass is 16.2. The Morgan fingerprint density at radius 1 is 1.20 bits per heavy atom. The molecule has 1 unspecified atom stereocenters. The molecule has 0 bridgehead atoms. The summed E-state index contributed by atoms with van der Waals surface area (Å²) in [6.07, 6.45) is 4.70. The number of para-hydroxylation sites is 1. The van der Waals surface area contributed by atoms with Crippen LogP contribution in [0.3, 0.4) is 0 Å². The molecule has 3 rings (SSSR count). The summed E-state index contributed by atoms with van der Waals surface area (Å²) < 4.78 is 0. The molecule has 130 valence electrons. The van der Waals surface area contributed by atoms with Crippen LogP contribution in [0.5, 0.6) is 0 Å². The zero-order chi connectivity index (χ0) is 17.8. The Morgan fingerprint density at radius 3 is 2.64 bits per heavy atom. The van der Waals surface area contributed by atoms with Crippen LogP contribution in [0.25, 0.3) is 0 Å². The van der Waals surface area contributed by atoms with E-state index in [2.05, 4.69) is 11.1 Å². The first-order valence-corrected chi connectivity index (χ1v) is 8.56. The van der Waals surface area contributed by atoms with Crippen molar-refractivity contribution in [3.63, 3.8) is 0 Å². The molecule has 0 saturated carbocycles. The monoisotopic (exact) mass is 337 g/mol. The smallest absolute Gasteiger partial charge is 0.223 e. The minimum Gasteiger partial charge on any atom is -0.341 e. The second-order valence-electron chi connectivity index (χ2n) is 6.53. The van der Waals surface area contributed by atoms with E-state index in [9.17, 15) is 9.59 Å². The maximum atomic E-state index is 12.5. The number of hydrogen-bond acceptors (Lipinski definition) is 3. The molecule has 5 heteroatoms. The quantitative estimate of drug-likeness (QED) is 0.843. The van der Waals surface area contributed by atoms with Crippen LogP contribution in [0.15, 0.2) is 48.8 Å². The molecule has 1 aliphatic heterocycles. The minimum absolute atomic E-state index is 0.0519. The number of fused-ring (bicyclic) bond motifs is 1. The zero-order valence-electron chi connectivity index (χ0n) is 14.7. The summed E-state index contributed by atoms with van der Waals surface area (Å²) in [5.41, 5.74) is 3.22. The van der Waals surface area contributed by atoms with Gasteiger partial charge in [0.05, 0.1) is 0 Å². The molecule has 0 radical (unpaired) electrons. The maximum Gasteiger partial charge on any atom is 0.223 e. The van der Waals surface area contributed by atoms with E-state index in [1.165, 1.54) is 5.56 Å². The summed E-state index contributed by atoms with van der Waals surface area (Å²) in [4.78, 5) is 31.9. The SMILES string of the molecule is CC(=O)N1CC(CCC(=O)N(C)Cc2ccncc2)c2ccccc21. The molecule has 0 aliphatic carbocycles. The molecule has 1 atom stereocenters. The van der Waals surface area contributed by atoms with Gasteiger partial charge in [0.2, 0.25) is 11.8 Å². The average Bonchev–Trinajstić information content (AvgIpc) is 2.99. The first kappa shape index (κ1) is 17.1. The Kier molecular flexibility index (Phi) is 5.12. The third-order valence-corrected chi connectivity index (χ3v) is 4.75.